The fourth-order valence-electron chi connectivity index (χ4n) is 1.51. The third-order valence-corrected chi connectivity index (χ3v) is 2.91. The molecule has 1 atom stereocenters. The first-order valence-corrected chi connectivity index (χ1v) is 5.97. The van der Waals surface area contributed by atoms with Crippen molar-refractivity contribution >= 4 is 11.6 Å². The molecular formula is C14H22N2O2. The maximum atomic E-state index is 12.0. The Morgan fingerprint density at radius 2 is 2.00 bits per heavy atom. The highest BCUT2D eigenvalue weighted by atomic mass is 16.5. The van der Waals surface area contributed by atoms with E-state index in [0.29, 0.717) is 0 Å². The summed E-state index contributed by atoms with van der Waals surface area (Å²) >= 11 is 0. The van der Waals surface area contributed by atoms with Crippen LogP contribution in [0.1, 0.15) is 26.3 Å². The van der Waals surface area contributed by atoms with Crippen LogP contribution < -0.4 is 15.8 Å². The van der Waals surface area contributed by atoms with E-state index in [2.05, 4.69) is 5.32 Å². The van der Waals surface area contributed by atoms with Gasteiger partial charge in [0.05, 0.1) is 13.2 Å². The average molecular weight is 250 g/mol. The molecule has 1 unspecified atom stereocenters. The number of hydrogen-bond donors (Lipinski definition) is 2. The summed E-state index contributed by atoms with van der Waals surface area (Å²) in [4.78, 5) is 12.0. The highest BCUT2D eigenvalue weighted by molar-refractivity contribution is 5.95. The van der Waals surface area contributed by atoms with E-state index in [9.17, 15) is 4.79 Å². The number of methoxy groups -OCH3 is 1. The molecule has 0 aromatic heterocycles. The predicted molar refractivity (Wildman–Crippen MR) is 73.8 cm³/mol. The summed E-state index contributed by atoms with van der Waals surface area (Å²) in [6.45, 7) is 7.75. The maximum Gasteiger partial charge on any atom is 0.241 e. The molecule has 3 N–H and O–H groups in total. The van der Waals surface area contributed by atoms with Crippen LogP contribution in [0.2, 0.25) is 0 Å². The van der Waals surface area contributed by atoms with Gasteiger partial charge in [-0.1, -0.05) is 20.8 Å². The standard InChI is InChI=1S/C14H22N2O2/c1-9-8-10(18-5)6-7-11(9)16-13(17)12(15)14(2,3)4/h6-8,12H,15H2,1-5H3,(H,16,17). The fraction of sp³-hybridized carbons (Fsp3) is 0.500. The summed E-state index contributed by atoms with van der Waals surface area (Å²) in [6.07, 6.45) is 0. The monoisotopic (exact) mass is 250 g/mol. The number of carbonyl (C=O) groups is 1. The number of ether oxygens (including phenoxy) is 1. The number of carbonyl (C=O) groups excluding carboxylic acids is 1. The van der Waals surface area contributed by atoms with Crippen LogP contribution in [0.5, 0.6) is 5.75 Å². The Hall–Kier alpha value is -1.55. The number of anilines is 1. The number of nitrogens with two attached hydrogens (primary N) is 1. The van der Waals surface area contributed by atoms with Crippen LogP contribution in [0.25, 0.3) is 0 Å². The lowest BCUT2D eigenvalue weighted by Gasteiger charge is -2.26. The molecule has 1 aromatic rings. The molecule has 0 saturated carbocycles. The Labute approximate surface area is 109 Å². The summed E-state index contributed by atoms with van der Waals surface area (Å²) in [5.41, 5.74) is 7.36. The van der Waals surface area contributed by atoms with E-state index in [1.165, 1.54) is 0 Å². The topological polar surface area (TPSA) is 64.3 Å². The van der Waals surface area contributed by atoms with Gasteiger partial charge in [-0.05, 0) is 36.1 Å². The second-order valence-corrected chi connectivity index (χ2v) is 5.51. The number of benzene rings is 1. The van der Waals surface area contributed by atoms with Gasteiger partial charge in [0.1, 0.15) is 5.75 Å². The SMILES string of the molecule is COc1ccc(NC(=O)C(N)C(C)(C)C)c(C)c1. The zero-order valence-corrected chi connectivity index (χ0v) is 11.7. The predicted octanol–water partition coefficient (Wildman–Crippen LogP) is 2.32. The Morgan fingerprint density at radius 1 is 1.39 bits per heavy atom. The van der Waals surface area contributed by atoms with Crippen LogP contribution in [-0.2, 0) is 4.79 Å². The van der Waals surface area contributed by atoms with E-state index in [1.54, 1.807) is 7.11 Å². The molecule has 1 rings (SSSR count). The van der Waals surface area contributed by atoms with E-state index in [4.69, 9.17) is 10.5 Å². The third-order valence-electron chi connectivity index (χ3n) is 2.91. The van der Waals surface area contributed by atoms with Gasteiger partial charge in [0.25, 0.3) is 0 Å². The summed E-state index contributed by atoms with van der Waals surface area (Å²) in [5, 5.41) is 2.85. The molecule has 0 heterocycles. The molecular weight excluding hydrogens is 228 g/mol. The zero-order chi connectivity index (χ0) is 13.9. The van der Waals surface area contributed by atoms with Gasteiger partial charge in [-0.2, -0.15) is 0 Å². The second kappa shape index (κ2) is 5.40. The Morgan fingerprint density at radius 3 is 2.44 bits per heavy atom. The lowest BCUT2D eigenvalue weighted by atomic mass is 9.87. The summed E-state index contributed by atoms with van der Waals surface area (Å²) in [6, 6.07) is 4.96. The van der Waals surface area contributed by atoms with Crippen LogP contribution in [0, 0.1) is 12.3 Å². The smallest absolute Gasteiger partial charge is 0.241 e. The van der Waals surface area contributed by atoms with Crippen molar-refractivity contribution in [2.75, 3.05) is 12.4 Å². The van der Waals surface area contributed by atoms with Gasteiger partial charge in [-0.25, -0.2) is 0 Å². The van der Waals surface area contributed by atoms with Crippen LogP contribution in [0.15, 0.2) is 18.2 Å². The lowest BCUT2D eigenvalue weighted by molar-refractivity contribution is -0.119. The van der Waals surface area contributed by atoms with Crippen LogP contribution in [-0.4, -0.2) is 19.1 Å². The number of amides is 1. The van der Waals surface area contributed by atoms with E-state index >= 15 is 0 Å². The van der Waals surface area contributed by atoms with Gasteiger partial charge in [0.2, 0.25) is 5.91 Å². The van der Waals surface area contributed by atoms with Crippen molar-refractivity contribution in [2.45, 2.75) is 33.7 Å². The van der Waals surface area contributed by atoms with Crippen LogP contribution in [0.3, 0.4) is 0 Å². The third kappa shape index (κ3) is 3.47. The number of nitrogens with one attached hydrogen (secondary N) is 1. The Kier molecular flexibility index (Phi) is 4.35. The van der Waals surface area contributed by atoms with Gasteiger partial charge in [-0.3, -0.25) is 4.79 Å². The maximum absolute atomic E-state index is 12.0. The highest BCUT2D eigenvalue weighted by Crippen LogP contribution is 2.23. The van der Waals surface area contributed by atoms with Gasteiger partial charge in [-0.15, -0.1) is 0 Å². The molecule has 0 aliphatic heterocycles. The molecule has 0 fully saturated rings. The molecule has 0 aliphatic carbocycles. The molecule has 0 bridgehead atoms. The van der Waals surface area contributed by atoms with E-state index in [-0.39, 0.29) is 11.3 Å². The second-order valence-electron chi connectivity index (χ2n) is 5.51. The zero-order valence-electron chi connectivity index (χ0n) is 11.7. The van der Waals surface area contributed by atoms with E-state index in [0.717, 1.165) is 17.0 Å². The Balaban J connectivity index is 2.83. The molecule has 1 aromatic carbocycles. The number of aryl methyl sites for hydroxylation is 1. The minimum atomic E-state index is -0.543. The van der Waals surface area contributed by atoms with Crippen LogP contribution in [0.4, 0.5) is 5.69 Å². The van der Waals surface area contributed by atoms with E-state index in [1.807, 2.05) is 45.9 Å². The van der Waals surface area contributed by atoms with Crippen LogP contribution >= 0.6 is 0 Å². The van der Waals surface area contributed by atoms with Gasteiger partial charge in [0, 0.05) is 5.69 Å². The molecule has 0 aliphatic rings. The first-order valence-electron chi connectivity index (χ1n) is 5.97. The molecule has 0 spiro atoms. The van der Waals surface area contributed by atoms with Crippen molar-refractivity contribution in [1.82, 2.24) is 0 Å². The first-order chi connectivity index (χ1) is 8.25. The fourth-order valence-corrected chi connectivity index (χ4v) is 1.51. The normalized spacial score (nSPS) is 13.0. The molecule has 100 valence electrons. The largest absolute Gasteiger partial charge is 0.497 e. The van der Waals surface area contributed by atoms with Crippen molar-refractivity contribution in [3.8, 4) is 5.75 Å². The minimum Gasteiger partial charge on any atom is -0.497 e. The Bertz CT molecular complexity index is 436. The quantitative estimate of drug-likeness (QED) is 0.865. The molecule has 0 radical (unpaired) electrons. The van der Waals surface area contributed by atoms with Gasteiger partial charge >= 0.3 is 0 Å². The average Bonchev–Trinajstić information content (AvgIpc) is 2.29. The van der Waals surface area contributed by atoms with Crippen molar-refractivity contribution in [3.63, 3.8) is 0 Å². The van der Waals surface area contributed by atoms with Crippen molar-refractivity contribution < 1.29 is 9.53 Å². The first kappa shape index (κ1) is 14.5. The summed E-state index contributed by atoms with van der Waals surface area (Å²) in [7, 11) is 1.61. The molecule has 18 heavy (non-hydrogen) atoms. The van der Waals surface area contributed by atoms with Gasteiger partial charge in [0.15, 0.2) is 0 Å². The summed E-state index contributed by atoms with van der Waals surface area (Å²) < 4.78 is 5.12. The van der Waals surface area contributed by atoms with Crippen molar-refractivity contribution in [1.29, 1.82) is 0 Å². The van der Waals surface area contributed by atoms with Crippen molar-refractivity contribution in [2.24, 2.45) is 11.1 Å². The molecule has 4 nitrogen and oxygen atoms in total. The minimum absolute atomic E-state index is 0.171. The lowest BCUT2D eigenvalue weighted by Crippen LogP contribution is -2.45. The molecule has 0 saturated heterocycles. The van der Waals surface area contributed by atoms with E-state index < -0.39 is 6.04 Å². The van der Waals surface area contributed by atoms with Gasteiger partial charge < -0.3 is 15.8 Å². The molecule has 1 amide bonds. The van der Waals surface area contributed by atoms with Crippen molar-refractivity contribution in [3.05, 3.63) is 23.8 Å². The highest BCUT2D eigenvalue weighted by Gasteiger charge is 2.27. The summed E-state index contributed by atoms with van der Waals surface area (Å²) in [5.74, 6) is 0.599. The number of hydrogen-bond acceptors (Lipinski definition) is 3. The number of rotatable bonds is 3. The molecule has 4 heteroatoms.